The molecule has 1 saturated carbocycles. The molecule has 2 amide bonds. The van der Waals surface area contributed by atoms with Gasteiger partial charge in [0, 0.05) is 24.6 Å². The van der Waals surface area contributed by atoms with Crippen molar-refractivity contribution in [3.05, 3.63) is 60.2 Å². The van der Waals surface area contributed by atoms with Gasteiger partial charge in [0.25, 0.3) is 0 Å². The van der Waals surface area contributed by atoms with Gasteiger partial charge in [0.2, 0.25) is 11.8 Å². The second-order valence-corrected chi connectivity index (χ2v) is 10.3. The van der Waals surface area contributed by atoms with Gasteiger partial charge >= 0.3 is 5.97 Å². The average Bonchev–Trinajstić information content (AvgIpc) is 3.47. The Bertz CT molecular complexity index is 1040. The van der Waals surface area contributed by atoms with Crippen LogP contribution in [0.1, 0.15) is 76.2 Å². The van der Waals surface area contributed by atoms with E-state index in [4.69, 9.17) is 14.7 Å². The van der Waals surface area contributed by atoms with Crippen molar-refractivity contribution in [2.75, 3.05) is 18.5 Å². The van der Waals surface area contributed by atoms with Crippen molar-refractivity contribution >= 4 is 23.5 Å². The molecule has 0 aliphatic heterocycles. The molecular formula is C31H43N3O6. The lowest BCUT2D eigenvalue weighted by atomic mass is 10.1. The van der Waals surface area contributed by atoms with Crippen LogP contribution in [0.15, 0.2) is 54.6 Å². The van der Waals surface area contributed by atoms with Gasteiger partial charge in [-0.05, 0) is 75.6 Å². The maximum atomic E-state index is 12.9. The van der Waals surface area contributed by atoms with Crippen LogP contribution in [0.3, 0.4) is 0 Å². The number of rotatable bonds is 18. The standard InChI is InChI=1S/C31H43N3O6/c35-29(18-6-1-2-7-19-30(36)34-38)33-25-14-10-17-27(23-25)39-21-11-20-32-28(22-24-12-4-3-5-13-24)31(37)40-26-15-8-9-16-26/h3-5,10,12-14,17,23,26,28,32,38H,1-2,6-9,11,15-16,18-22H2,(H,33,35)(H,34,36)/t28-/m0/s1. The van der Waals surface area contributed by atoms with Gasteiger partial charge < -0.3 is 20.1 Å². The van der Waals surface area contributed by atoms with E-state index in [9.17, 15) is 14.4 Å². The van der Waals surface area contributed by atoms with Gasteiger partial charge in [-0.15, -0.1) is 0 Å². The molecule has 1 atom stereocenters. The number of hydroxylamine groups is 1. The summed E-state index contributed by atoms with van der Waals surface area (Å²) >= 11 is 0. The summed E-state index contributed by atoms with van der Waals surface area (Å²) in [4.78, 5) is 36.2. The number of hydrogen-bond acceptors (Lipinski definition) is 7. The molecule has 2 aromatic carbocycles. The van der Waals surface area contributed by atoms with Crippen molar-refractivity contribution in [1.29, 1.82) is 0 Å². The van der Waals surface area contributed by atoms with Crippen molar-refractivity contribution in [3.8, 4) is 5.75 Å². The zero-order valence-corrected chi connectivity index (χ0v) is 23.2. The molecule has 4 N–H and O–H groups in total. The van der Waals surface area contributed by atoms with Crippen LogP contribution in [0.4, 0.5) is 5.69 Å². The van der Waals surface area contributed by atoms with Gasteiger partial charge in [0.1, 0.15) is 17.9 Å². The summed E-state index contributed by atoms with van der Waals surface area (Å²) in [5.41, 5.74) is 3.39. The second-order valence-electron chi connectivity index (χ2n) is 10.3. The lowest BCUT2D eigenvalue weighted by Gasteiger charge is -2.20. The molecule has 0 saturated heterocycles. The van der Waals surface area contributed by atoms with Gasteiger partial charge in [0.05, 0.1) is 6.61 Å². The van der Waals surface area contributed by atoms with E-state index in [0.29, 0.717) is 50.3 Å². The molecule has 2 aromatic rings. The van der Waals surface area contributed by atoms with Crippen molar-refractivity contribution in [3.63, 3.8) is 0 Å². The highest BCUT2D eigenvalue weighted by atomic mass is 16.5. The van der Waals surface area contributed by atoms with E-state index >= 15 is 0 Å². The second kappa shape index (κ2) is 18.0. The number of hydrogen-bond donors (Lipinski definition) is 4. The molecule has 9 nitrogen and oxygen atoms in total. The number of unbranched alkanes of at least 4 members (excludes halogenated alkanes) is 3. The van der Waals surface area contributed by atoms with Crippen LogP contribution < -0.4 is 20.9 Å². The third-order valence-electron chi connectivity index (χ3n) is 6.93. The molecular weight excluding hydrogens is 510 g/mol. The number of esters is 1. The van der Waals surface area contributed by atoms with Crippen LogP contribution >= 0.6 is 0 Å². The number of anilines is 1. The number of ether oxygens (including phenoxy) is 2. The predicted molar refractivity (Wildman–Crippen MR) is 153 cm³/mol. The number of carbonyl (C=O) groups is 3. The van der Waals surface area contributed by atoms with E-state index in [1.54, 1.807) is 11.5 Å². The Kier molecular flexibility index (Phi) is 14.0. The fourth-order valence-corrected chi connectivity index (χ4v) is 4.75. The Balaban J connectivity index is 1.35. The molecule has 1 aliphatic rings. The molecule has 0 heterocycles. The van der Waals surface area contributed by atoms with Crippen LogP contribution in [0.25, 0.3) is 0 Å². The van der Waals surface area contributed by atoms with E-state index < -0.39 is 6.04 Å². The quantitative estimate of drug-likeness (QED) is 0.0893. The summed E-state index contributed by atoms with van der Waals surface area (Å²) < 4.78 is 11.7. The Morgan fingerprint density at radius 3 is 2.33 bits per heavy atom. The maximum Gasteiger partial charge on any atom is 0.323 e. The van der Waals surface area contributed by atoms with Crippen LogP contribution in [0, 0.1) is 0 Å². The molecule has 0 aromatic heterocycles. The van der Waals surface area contributed by atoms with Crippen LogP contribution in [-0.4, -0.2) is 48.3 Å². The Morgan fingerprint density at radius 2 is 1.60 bits per heavy atom. The van der Waals surface area contributed by atoms with Gasteiger partial charge in [0.15, 0.2) is 0 Å². The predicted octanol–water partition coefficient (Wildman–Crippen LogP) is 4.93. The Labute approximate surface area is 237 Å². The highest BCUT2D eigenvalue weighted by Gasteiger charge is 2.25. The van der Waals surface area contributed by atoms with Crippen molar-refractivity contribution in [2.24, 2.45) is 0 Å². The van der Waals surface area contributed by atoms with Gasteiger partial charge in [-0.3, -0.25) is 19.6 Å². The topological polar surface area (TPSA) is 126 Å². The Hall–Kier alpha value is -3.43. The van der Waals surface area contributed by atoms with Crippen LogP contribution in [0.2, 0.25) is 0 Å². The van der Waals surface area contributed by atoms with Gasteiger partial charge in [-0.1, -0.05) is 49.2 Å². The smallest absolute Gasteiger partial charge is 0.323 e. The average molecular weight is 554 g/mol. The monoisotopic (exact) mass is 553 g/mol. The first-order valence-corrected chi connectivity index (χ1v) is 14.5. The van der Waals surface area contributed by atoms with Gasteiger partial charge in [-0.25, -0.2) is 5.48 Å². The van der Waals surface area contributed by atoms with Crippen molar-refractivity contribution in [1.82, 2.24) is 10.8 Å². The van der Waals surface area contributed by atoms with E-state index in [2.05, 4.69) is 10.6 Å². The zero-order chi connectivity index (χ0) is 28.4. The summed E-state index contributed by atoms with van der Waals surface area (Å²) in [5.74, 6) is 0.0293. The first kappa shape index (κ1) is 31.1. The van der Waals surface area contributed by atoms with Crippen LogP contribution in [0.5, 0.6) is 5.75 Å². The lowest BCUT2D eigenvalue weighted by molar-refractivity contribution is -0.151. The summed E-state index contributed by atoms with van der Waals surface area (Å²) in [6, 6.07) is 16.9. The fourth-order valence-electron chi connectivity index (χ4n) is 4.75. The van der Waals surface area contributed by atoms with E-state index in [0.717, 1.165) is 50.5 Å². The minimum Gasteiger partial charge on any atom is -0.493 e. The molecule has 0 bridgehead atoms. The fraction of sp³-hybridized carbons (Fsp3) is 0.516. The molecule has 3 rings (SSSR count). The van der Waals surface area contributed by atoms with E-state index in [-0.39, 0.29) is 30.3 Å². The SMILES string of the molecule is O=C(CCCCCCC(=O)Nc1cccc(OCCCN[C@@H](Cc2ccccc2)C(=O)OC2CCCC2)c1)NO. The molecule has 1 aliphatic carbocycles. The third-order valence-corrected chi connectivity index (χ3v) is 6.93. The van der Waals surface area contributed by atoms with Crippen molar-refractivity contribution < 1.29 is 29.1 Å². The zero-order valence-electron chi connectivity index (χ0n) is 23.2. The Morgan fingerprint density at radius 1 is 0.875 bits per heavy atom. The number of carbonyl (C=O) groups excluding carboxylic acids is 3. The third kappa shape index (κ3) is 12.2. The summed E-state index contributed by atoms with van der Waals surface area (Å²) in [6.45, 7) is 1.08. The van der Waals surface area contributed by atoms with E-state index in [1.165, 1.54) is 0 Å². The van der Waals surface area contributed by atoms with Crippen LogP contribution in [-0.2, 0) is 25.5 Å². The van der Waals surface area contributed by atoms with Gasteiger partial charge in [-0.2, -0.15) is 0 Å². The minimum absolute atomic E-state index is 0.0378. The number of amides is 2. The van der Waals surface area contributed by atoms with Crippen molar-refractivity contribution in [2.45, 2.75) is 89.2 Å². The molecule has 0 spiro atoms. The minimum atomic E-state index is -0.401. The molecule has 218 valence electrons. The summed E-state index contributed by atoms with van der Waals surface area (Å²) in [5, 5.41) is 14.8. The first-order valence-electron chi connectivity index (χ1n) is 14.5. The summed E-state index contributed by atoms with van der Waals surface area (Å²) in [6.07, 6.45) is 9.22. The maximum absolute atomic E-state index is 12.9. The molecule has 1 fully saturated rings. The molecule has 0 radical (unpaired) electrons. The molecule has 40 heavy (non-hydrogen) atoms. The summed E-state index contributed by atoms with van der Waals surface area (Å²) in [7, 11) is 0. The lowest BCUT2D eigenvalue weighted by Crippen LogP contribution is -2.41. The normalized spacial score (nSPS) is 13.9. The largest absolute Gasteiger partial charge is 0.493 e. The highest BCUT2D eigenvalue weighted by Crippen LogP contribution is 2.22. The molecule has 9 heteroatoms. The number of benzene rings is 2. The highest BCUT2D eigenvalue weighted by molar-refractivity contribution is 5.90. The van der Waals surface area contributed by atoms with E-state index in [1.807, 2.05) is 48.5 Å². The first-order chi connectivity index (χ1) is 19.5. The number of nitrogens with one attached hydrogen (secondary N) is 3. The molecule has 0 unspecified atom stereocenters.